The van der Waals surface area contributed by atoms with Crippen LogP contribution in [0, 0.1) is 0 Å². The van der Waals surface area contributed by atoms with Gasteiger partial charge in [0, 0.05) is 12.6 Å². The first-order valence-corrected chi connectivity index (χ1v) is 10.6. The lowest BCUT2D eigenvalue weighted by Gasteiger charge is -2.17. The normalized spacial score (nSPS) is 19.2. The van der Waals surface area contributed by atoms with E-state index in [1.807, 2.05) is 12.1 Å². The fourth-order valence-corrected chi connectivity index (χ4v) is 4.18. The minimum absolute atomic E-state index is 0.205. The van der Waals surface area contributed by atoms with Gasteiger partial charge in [0.2, 0.25) is 0 Å². The van der Waals surface area contributed by atoms with Crippen LogP contribution in [0.3, 0.4) is 0 Å². The van der Waals surface area contributed by atoms with E-state index in [-0.39, 0.29) is 11.8 Å². The van der Waals surface area contributed by atoms with E-state index in [1.165, 1.54) is 36.1 Å². The number of carbonyl (C=O) groups excluding carboxylic acids is 2. The zero-order chi connectivity index (χ0) is 20.1. The number of rotatable bonds is 7. The zero-order valence-electron chi connectivity index (χ0n) is 16.7. The Bertz CT molecular complexity index is 837. The number of carbonyl (C=O) groups is 2. The lowest BCUT2D eigenvalue weighted by molar-refractivity contribution is 0.0647. The van der Waals surface area contributed by atoms with Gasteiger partial charge in [-0.1, -0.05) is 37.1 Å². The highest BCUT2D eigenvalue weighted by atomic mass is 16.5. The molecule has 2 heterocycles. The molecule has 0 saturated carbocycles. The number of nitrogens with one attached hydrogen (secondary N) is 1. The zero-order valence-corrected chi connectivity index (χ0v) is 16.7. The van der Waals surface area contributed by atoms with Gasteiger partial charge in [0.15, 0.2) is 0 Å². The Morgan fingerprint density at radius 2 is 1.76 bits per heavy atom. The third-order valence-electron chi connectivity index (χ3n) is 5.72. The van der Waals surface area contributed by atoms with Crippen LogP contribution in [0.1, 0.15) is 58.4 Å². The quantitative estimate of drug-likeness (QED) is 0.575. The van der Waals surface area contributed by atoms with Crippen LogP contribution in [0.4, 0.5) is 0 Å². The molecule has 1 saturated heterocycles. The summed E-state index contributed by atoms with van der Waals surface area (Å²) in [6.45, 7) is 1.95. The molecule has 2 aliphatic heterocycles. The summed E-state index contributed by atoms with van der Waals surface area (Å²) < 4.78 is 5.90. The van der Waals surface area contributed by atoms with Crippen LogP contribution in [0.5, 0.6) is 5.75 Å². The molecule has 2 amide bonds. The molecule has 2 aromatic carbocycles. The van der Waals surface area contributed by atoms with Gasteiger partial charge in [-0.3, -0.25) is 14.5 Å². The number of imide groups is 1. The van der Waals surface area contributed by atoms with Gasteiger partial charge >= 0.3 is 0 Å². The third kappa shape index (κ3) is 4.67. The molecule has 0 bridgehead atoms. The molecule has 0 aromatic heterocycles. The first-order chi connectivity index (χ1) is 14.2. The molecule has 0 radical (unpaired) electrons. The highest BCUT2D eigenvalue weighted by Gasteiger charge is 2.34. The lowest BCUT2D eigenvalue weighted by atomic mass is 10.0. The van der Waals surface area contributed by atoms with E-state index >= 15 is 0 Å². The Hall–Kier alpha value is -2.66. The summed E-state index contributed by atoms with van der Waals surface area (Å²) in [5, 5.41) is 3.64. The Balaban J connectivity index is 1.26. The van der Waals surface area contributed by atoms with Gasteiger partial charge in [-0.2, -0.15) is 0 Å². The molecule has 5 heteroatoms. The number of benzene rings is 2. The molecule has 2 aromatic rings. The number of nitrogens with zero attached hydrogens (tertiary/aromatic N) is 1. The van der Waals surface area contributed by atoms with E-state index in [9.17, 15) is 9.59 Å². The molecule has 0 aliphatic carbocycles. The Morgan fingerprint density at radius 3 is 2.55 bits per heavy atom. The summed E-state index contributed by atoms with van der Waals surface area (Å²) in [5.74, 6) is 0.436. The fourth-order valence-electron chi connectivity index (χ4n) is 4.18. The van der Waals surface area contributed by atoms with Gasteiger partial charge in [-0.05, 0) is 62.1 Å². The second kappa shape index (κ2) is 9.23. The molecule has 1 fully saturated rings. The van der Waals surface area contributed by atoms with E-state index in [1.54, 1.807) is 24.3 Å². The van der Waals surface area contributed by atoms with Crippen molar-refractivity contribution in [2.75, 3.05) is 19.7 Å². The maximum Gasteiger partial charge on any atom is 0.261 e. The van der Waals surface area contributed by atoms with Crippen LogP contribution in [-0.2, 0) is 6.42 Å². The molecule has 152 valence electrons. The van der Waals surface area contributed by atoms with Gasteiger partial charge in [-0.25, -0.2) is 0 Å². The molecule has 5 nitrogen and oxygen atoms in total. The van der Waals surface area contributed by atoms with E-state index in [0.717, 1.165) is 18.7 Å². The van der Waals surface area contributed by atoms with Crippen LogP contribution in [0.2, 0.25) is 0 Å². The van der Waals surface area contributed by atoms with Gasteiger partial charge in [0.05, 0.1) is 17.7 Å². The SMILES string of the molecule is O=C1c2ccccc2C(=O)N1CCCOc1cccc(CC2CCCCCN2)c1. The van der Waals surface area contributed by atoms with Crippen LogP contribution in [-0.4, -0.2) is 42.5 Å². The number of hydrogen-bond acceptors (Lipinski definition) is 4. The second-order valence-electron chi connectivity index (χ2n) is 7.86. The lowest BCUT2D eigenvalue weighted by Crippen LogP contribution is -2.31. The van der Waals surface area contributed by atoms with Crippen LogP contribution in [0.25, 0.3) is 0 Å². The fraction of sp³-hybridized carbons (Fsp3) is 0.417. The standard InChI is InChI=1S/C24H28N2O3/c27-23-21-11-3-4-12-22(21)24(28)26(23)14-7-15-29-20-10-6-8-18(17-20)16-19-9-2-1-5-13-25-19/h3-4,6,8,10-12,17,19,25H,1-2,5,7,9,13-16H2. The van der Waals surface area contributed by atoms with Gasteiger partial charge in [-0.15, -0.1) is 0 Å². The predicted molar refractivity (Wildman–Crippen MR) is 112 cm³/mol. The van der Waals surface area contributed by atoms with Crippen molar-refractivity contribution in [1.29, 1.82) is 0 Å². The smallest absolute Gasteiger partial charge is 0.261 e. The van der Waals surface area contributed by atoms with Crippen molar-refractivity contribution in [1.82, 2.24) is 10.2 Å². The molecule has 29 heavy (non-hydrogen) atoms. The average molecular weight is 392 g/mol. The molecular weight excluding hydrogens is 364 g/mol. The molecule has 1 N–H and O–H groups in total. The largest absolute Gasteiger partial charge is 0.494 e. The van der Waals surface area contributed by atoms with Crippen molar-refractivity contribution in [2.24, 2.45) is 0 Å². The monoisotopic (exact) mass is 392 g/mol. The van der Waals surface area contributed by atoms with Crippen molar-refractivity contribution in [2.45, 2.75) is 44.6 Å². The van der Waals surface area contributed by atoms with Gasteiger partial charge < -0.3 is 10.1 Å². The minimum Gasteiger partial charge on any atom is -0.494 e. The van der Waals surface area contributed by atoms with Gasteiger partial charge in [0.25, 0.3) is 11.8 Å². The number of hydrogen-bond donors (Lipinski definition) is 1. The van der Waals surface area contributed by atoms with Crippen molar-refractivity contribution in [3.8, 4) is 5.75 Å². The van der Waals surface area contributed by atoms with Crippen molar-refractivity contribution < 1.29 is 14.3 Å². The average Bonchev–Trinajstić information content (AvgIpc) is 2.90. The summed E-state index contributed by atoms with van der Waals surface area (Å²) >= 11 is 0. The van der Waals surface area contributed by atoms with E-state index < -0.39 is 0 Å². The number of fused-ring (bicyclic) bond motifs is 1. The molecule has 1 unspecified atom stereocenters. The Morgan fingerprint density at radius 1 is 0.966 bits per heavy atom. The predicted octanol–water partition coefficient (Wildman–Crippen LogP) is 3.83. The molecule has 2 aliphatic rings. The van der Waals surface area contributed by atoms with Crippen LogP contribution in [0.15, 0.2) is 48.5 Å². The highest BCUT2D eigenvalue weighted by Crippen LogP contribution is 2.23. The van der Waals surface area contributed by atoms with Crippen LogP contribution >= 0.6 is 0 Å². The summed E-state index contributed by atoms with van der Waals surface area (Å²) in [6.07, 6.45) is 6.75. The maximum atomic E-state index is 12.4. The summed E-state index contributed by atoms with van der Waals surface area (Å²) in [4.78, 5) is 26.1. The summed E-state index contributed by atoms with van der Waals surface area (Å²) in [5.41, 5.74) is 2.28. The minimum atomic E-state index is -0.205. The number of ether oxygens (including phenoxy) is 1. The second-order valence-corrected chi connectivity index (χ2v) is 7.86. The molecule has 4 rings (SSSR count). The van der Waals surface area contributed by atoms with Gasteiger partial charge in [0.1, 0.15) is 5.75 Å². The topological polar surface area (TPSA) is 58.6 Å². The van der Waals surface area contributed by atoms with E-state index in [2.05, 4.69) is 17.4 Å². The third-order valence-corrected chi connectivity index (χ3v) is 5.72. The highest BCUT2D eigenvalue weighted by molar-refractivity contribution is 6.21. The van der Waals surface area contributed by atoms with Crippen molar-refractivity contribution >= 4 is 11.8 Å². The number of amides is 2. The van der Waals surface area contributed by atoms with Crippen molar-refractivity contribution in [3.05, 3.63) is 65.2 Å². The molecule has 1 atom stereocenters. The summed E-state index contributed by atoms with van der Waals surface area (Å²) in [6, 6.07) is 15.8. The van der Waals surface area contributed by atoms with Crippen LogP contribution < -0.4 is 10.1 Å². The molecular formula is C24H28N2O3. The first kappa shape index (κ1) is 19.6. The first-order valence-electron chi connectivity index (χ1n) is 10.6. The maximum absolute atomic E-state index is 12.4. The summed E-state index contributed by atoms with van der Waals surface area (Å²) in [7, 11) is 0. The Kier molecular flexibility index (Phi) is 6.25. The molecule has 0 spiro atoms. The Labute approximate surface area is 172 Å². The van der Waals surface area contributed by atoms with Crippen molar-refractivity contribution in [3.63, 3.8) is 0 Å². The van der Waals surface area contributed by atoms with E-state index in [4.69, 9.17) is 4.74 Å². The van der Waals surface area contributed by atoms with E-state index in [0.29, 0.717) is 36.7 Å².